The van der Waals surface area contributed by atoms with Crippen LogP contribution in [0.2, 0.25) is 0 Å². The molecule has 8 atom stereocenters. The first-order chi connectivity index (χ1) is 46.4. The summed E-state index contributed by atoms with van der Waals surface area (Å²) in [4.78, 5) is 90.9. The molecule has 5 amide bonds. The molecule has 4 aliphatic carbocycles. The number of unbranched alkanes of at least 4 members (excludes halogenated alkanes) is 2. The smallest absolute Gasteiger partial charge is 0.409 e. The van der Waals surface area contributed by atoms with Crippen LogP contribution in [0.3, 0.4) is 0 Å². The normalized spacial score (nSPS) is 26.2. The van der Waals surface area contributed by atoms with Crippen molar-refractivity contribution < 1.29 is 83.1 Å². The van der Waals surface area contributed by atoms with Gasteiger partial charge in [-0.3, -0.25) is 24.5 Å². The molecule has 3 aromatic heterocycles. The first-order valence-electron chi connectivity index (χ1n) is 33.0. The molecule has 1 saturated heterocycles. The number of aliphatic hydroxyl groups is 4. The van der Waals surface area contributed by atoms with E-state index in [9.17, 15) is 59.4 Å². The Labute approximate surface area is 564 Å². The minimum absolute atomic E-state index is 0.0273. The zero-order valence-corrected chi connectivity index (χ0v) is 55.5. The van der Waals surface area contributed by atoms with Crippen molar-refractivity contribution in [3.05, 3.63) is 114 Å². The van der Waals surface area contributed by atoms with Gasteiger partial charge < -0.3 is 69.4 Å². The molecule has 3 aliphatic heterocycles. The second kappa shape index (κ2) is 28.1. The Bertz CT molecular complexity index is 3960. The number of rotatable bonds is 26. The fourth-order valence-corrected chi connectivity index (χ4v) is 17.2. The van der Waals surface area contributed by atoms with Crippen LogP contribution in [0, 0.1) is 23.2 Å². The molecule has 8 N–H and O–H groups in total. The number of aryl methyl sites for hydroxylation is 1. The van der Waals surface area contributed by atoms with Crippen molar-refractivity contribution >= 4 is 68.2 Å². The van der Waals surface area contributed by atoms with Crippen LogP contribution in [0.1, 0.15) is 118 Å². The highest BCUT2D eigenvalue weighted by molar-refractivity contribution is 7.22. The van der Waals surface area contributed by atoms with Gasteiger partial charge in [-0.15, -0.1) is 0 Å². The third-order valence-electron chi connectivity index (χ3n) is 19.7. The number of nitrogens with one attached hydrogen (secondary N) is 2. The highest BCUT2D eigenvalue weighted by Gasteiger charge is 2.66. The molecule has 13 rings (SSSR count). The van der Waals surface area contributed by atoms with Crippen molar-refractivity contribution in [1.29, 1.82) is 0 Å². The van der Waals surface area contributed by atoms with E-state index in [1.165, 1.54) is 45.4 Å². The summed E-state index contributed by atoms with van der Waals surface area (Å²) >= 11 is 1.41. The number of carbonyl (C=O) groups excluding carboxylic acids is 4. The maximum absolute atomic E-state index is 13.8. The van der Waals surface area contributed by atoms with E-state index in [1.807, 2.05) is 60.1 Å². The Kier molecular flexibility index (Phi) is 19.8. The van der Waals surface area contributed by atoms with E-state index in [2.05, 4.69) is 29.5 Å². The van der Waals surface area contributed by atoms with E-state index in [1.54, 1.807) is 30.3 Å². The molecule has 5 fully saturated rings. The first-order valence-corrected chi connectivity index (χ1v) is 33.9. The van der Waals surface area contributed by atoms with Crippen LogP contribution in [0.4, 0.5) is 20.4 Å². The van der Waals surface area contributed by atoms with Crippen molar-refractivity contribution in [2.75, 3.05) is 56.7 Å². The van der Waals surface area contributed by atoms with E-state index in [0.717, 1.165) is 78.5 Å². The number of pyridine rings is 1. The Hall–Kier alpha value is -8.57. The maximum Gasteiger partial charge on any atom is 0.409 e. The van der Waals surface area contributed by atoms with E-state index in [-0.39, 0.29) is 90.6 Å². The average molecular weight is 1350 g/mol. The number of aromatic nitrogens is 4. The van der Waals surface area contributed by atoms with Gasteiger partial charge in [-0.05, 0) is 148 Å². The number of para-hydroxylation sites is 1. The molecule has 4 bridgehead atoms. The fourth-order valence-electron chi connectivity index (χ4n) is 16.3. The average Bonchev–Trinajstić information content (AvgIpc) is 0.907. The quantitative estimate of drug-likeness (QED) is 0.0238. The summed E-state index contributed by atoms with van der Waals surface area (Å²) < 4.78 is 33.1. The van der Waals surface area contributed by atoms with Crippen LogP contribution in [0.25, 0.3) is 32.6 Å². The summed E-state index contributed by atoms with van der Waals surface area (Å²) in [6, 6.07) is 21.3. The summed E-state index contributed by atoms with van der Waals surface area (Å²) in [5.41, 5.74) is 5.14. The van der Waals surface area contributed by atoms with Crippen molar-refractivity contribution in [3.8, 4) is 33.9 Å². The molecule has 6 heterocycles. The number of urea groups is 1. The number of carboxylic acids is 2. The summed E-state index contributed by atoms with van der Waals surface area (Å²) in [6.07, 6.45) is 3.19. The van der Waals surface area contributed by atoms with Crippen molar-refractivity contribution in [3.63, 3.8) is 0 Å². The summed E-state index contributed by atoms with van der Waals surface area (Å²) in [6.45, 7) is 8.66. The molecule has 6 aromatic rings. The third-order valence-corrected chi connectivity index (χ3v) is 20.7. The molecule has 0 spiro atoms. The van der Waals surface area contributed by atoms with E-state index in [0.29, 0.717) is 78.4 Å². The first kappa shape index (κ1) is 68.4. The van der Waals surface area contributed by atoms with Gasteiger partial charge in [-0.2, -0.15) is 5.10 Å². The van der Waals surface area contributed by atoms with Crippen molar-refractivity contribution in [1.82, 2.24) is 34.9 Å². The number of amides is 5. The number of anilines is 2. The second-order valence-electron chi connectivity index (χ2n) is 27.7. The molecule has 0 radical (unpaired) electrons. The number of aliphatic carboxylic acids is 1. The number of benzene rings is 3. The van der Waals surface area contributed by atoms with Crippen LogP contribution < -0.4 is 25.0 Å². The van der Waals surface area contributed by atoms with Crippen LogP contribution in [-0.2, 0) is 48.2 Å². The molecule has 3 unspecified atom stereocenters. The number of carboxylic acid groups (broad SMARTS) is 2. The number of carbonyl (C=O) groups is 6. The molecule has 97 heavy (non-hydrogen) atoms. The standard InChI is InChI=1S/C70H83N9O17S/c1-41-47(46-20-21-48(73-56(46)61(86)87)43-17-16-42-12-10-26-77(50(42)30-43)65(90)75-64-74-49-13-7-8-14-52(49)97-64)32-72-79(41)40-69-35-67(2)34-68(3,36-69)38-70(37-67,39-69)94-29-27-76(4)66(91)93-33-44-18-19-45(95-63-59(85)57(83)58(84)60(96-63)62(88)89)31-51(44)92-28-11-24-71-53(80)15-6-5-9-25-78-54(81)22-23-55(78)82/h7-8,13-14,16-23,30-32,54,57-60,63,81,83-85H,5-6,9-12,15,24-29,33-40H2,1-4H3,(H,71,80)(H,86,87)(H,88,89)(H,74,75,90)/t54?,57-,58-,59+,60-,63+,67?,68?,69?,70?/m0/s1. The summed E-state index contributed by atoms with van der Waals surface area (Å²) in [7, 11) is 1.62. The van der Waals surface area contributed by atoms with Crippen LogP contribution in [0.15, 0.2) is 91.1 Å². The van der Waals surface area contributed by atoms with Gasteiger partial charge in [0.15, 0.2) is 16.9 Å². The highest BCUT2D eigenvalue weighted by atomic mass is 32.1. The molecule has 516 valence electrons. The maximum atomic E-state index is 13.8. The zero-order chi connectivity index (χ0) is 68.6. The van der Waals surface area contributed by atoms with Crippen molar-refractivity contribution in [2.24, 2.45) is 16.2 Å². The monoisotopic (exact) mass is 1350 g/mol. The minimum atomic E-state index is -1.93. The van der Waals surface area contributed by atoms with Gasteiger partial charge in [0.25, 0.3) is 0 Å². The van der Waals surface area contributed by atoms with Gasteiger partial charge in [-0.1, -0.05) is 55.9 Å². The summed E-state index contributed by atoms with van der Waals surface area (Å²) in [5.74, 6) is -2.96. The number of thiazole rings is 1. The number of hydrogen-bond acceptors (Lipinski definition) is 19. The van der Waals surface area contributed by atoms with Gasteiger partial charge in [-0.25, -0.2) is 29.1 Å². The number of likely N-dealkylation sites (N-methyl/N-ethyl adjacent to an activating group) is 1. The predicted molar refractivity (Wildman–Crippen MR) is 355 cm³/mol. The Morgan fingerprint density at radius 1 is 0.845 bits per heavy atom. The number of nitrogens with zero attached hydrogens (tertiary/aromatic N) is 7. The van der Waals surface area contributed by atoms with Gasteiger partial charge in [0.1, 0.15) is 42.6 Å². The lowest BCUT2D eigenvalue weighted by atomic mass is 9.39. The highest BCUT2D eigenvalue weighted by Crippen LogP contribution is 2.72. The molecule has 27 heteroatoms. The fraction of sp³-hybridized carbons (Fsp3) is 0.500. The Balaban J connectivity index is 0.666. The van der Waals surface area contributed by atoms with Gasteiger partial charge in [0, 0.05) is 92.0 Å². The predicted octanol–water partition coefficient (Wildman–Crippen LogP) is 8.05. The lowest BCUT2D eigenvalue weighted by Crippen LogP contribution is -2.64. The molecule has 26 nitrogen and oxygen atoms in total. The summed E-state index contributed by atoms with van der Waals surface area (Å²) in [5, 5.41) is 72.9. The molecule has 4 saturated carbocycles. The molecule has 3 aromatic carbocycles. The minimum Gasteiger partial charge on any atom is -0.493 e. The zero-order valence-electron chi connectivity index (χ0n) is 54.7. The van der Waals surface area contributed by atoms with Crippen LogP contribution >= 0.6 is 11.3 Å². The second-order valence-corrected chi connectivity index (χ2v) is 28.7. The van der Waals surface area contributed by atoms with E-state index >= 15 is 0 Å². The topological polar surface area (TPSA) is 347 Å². The van der Waals surface area contributed by atoms with E-state index in [4.69, 9.17) is 33.8 Å². The number of fused-ring (bicyclic) bond motifs is 2. The molecule has 7 aliphatic rings. The van der Waals surface area contributed by atoms with Gasteiger partial charge >= 0.3 is 24.1 Å². The van der Waals surface area contributed by atoms with Crippen molar-refractivity contribution in [2.45, 2.75) is 160 Å². The van der Waals surface area contributed by atoms with Crippen LogP contribution in [-0.4, -0.2) is 185 Å². The van der Waals surface area contributed by atoms with Gasteiger partial charge in [0.05, 0.1) is 40.9 Å². The number of ether oxygens (including phenoxy) is 5. The number of aromatic carboxylic acids is 1. The van der Waals surface area contributed by atoms with E-state index < -0.39 is 60.6 Å². The Morgan fingerprint density at radius 3 is 2.39 bits per heavy atom. The SMILES string of the molecule is Cc1c(-c2ccc(-c3ccc4c(c3)N(C(=O)Nc3nc5ccccc5s3)CCC4)nc2C(=O)O)cnn1CC12CC3(C)CC(C)(C1)CC(OCCN(C)C(=O)OCc1ccc(O[C@@H]4O[C@H](C(=O)O)[C@@H](O)[C@H](O)[C@H]4O)cc1OCCCNC(=O)CCCCCN1C(=O)C=CC1O)(C3)C2. The Morgan fingerprint density at radius 2 is 1.64 bits per heavy atom. The number of aliphatic hydroxyl groups excluding tert-OH is 4. The number of hydrogen-bond donors (Lipinski definition) is 8. The largest absolute Gasteiger partial charge is 0.493 e. The van der Waals surface area contributed by atoms with Gasteiger partial charge in [0.2, 0.25) is 18.1 Å². The lowest BCUT2D eigenvalue weighted by Gasteiger charge is -2.69. The lowest BCUT2D eigenvalue weighted by molar-refractivity contribution is -0.271. The van der Waals surface area contributed by atoms with Crippen LogP contribution in [0.5, 0.6) is 11.5 Å². The molecular weight excluding hydrogens is 1270 g/mol. The molecular formula is C70H83N9O17S. The third kappa shape index (κ3) is 15.0.